The van der Waals surface area contributed by atoms with Gasteiger partial charge in [-0.25, -0.2) is 0 Å². The average molecular weight is 212 g/mol. The van der Waals surface area contributed by atoms with E-state index in [1.807, 2.05) is 6.92 Å². The molecule has 1 atom stereocenters. The molecule has 0 saturated heterocycles. The van der Waals surface area contributed by atoms with Gasteiger partial charge in [-0.05, 0) is 0 Å². The zero-order chi connectivity index (χ0) is 6.78. The van der Waals surface area contributed by atoms with Crippen molar-refractivity contribution in [1.29, 1.82) is 0 Å². The molecule has 0 aromatic rings. The molecule has 0 rings (SSSR count). The monoisotopic (exact) mass is 211 g/mol. The Bertz CT molecular complexity index is 71.4. The van der Waals surface area contributed by atoms with Gasteiger partial charge in [0.05, 0.1) is 0 Å². The Hall–Kier alpha value is 1.54. The average Bonchev–Trinajstić information content (AvgIpc) is 1.62. The van der Waals surface area contributed by atoms with Gasteiger partial charge in [0.15, 0.2) is 0 Å². The Kier molecular flexibility index (Phi) is 4.35. The number of halogens is 3. The van der Waals surface area contributed by atoms with E-state index < -0.39 is 13.4 Å². The first-order chi connectivity index (χ1) is 3.48. The van der Waals surface area contributed by atoms with Crippen LogP contribution in [0.1, 0.15) is 13.3 Å². The molecule has 0 heterocycles. The van der Waals surface area contributed by atoms with Crippen LogP contribution in [-0.4, -0.2) is 4.35 Å². The van der Waals surface area contributed by atoms with E-state index in [0.717, 1.165) is 6.42 Å². The summed E-state index contributed by atoms with van der Waals surface area (Å²) in [5, 5.41) is 0. The summed E-state index contributed by atoms with van der Waals surface area (Å²) in [6.45, 7) is 1.91. The maximum absolute atomic E-state index is 5.58. The van der Waals surface area contributed by atoms with E-state index in [4.69, 9.17) is 33.6 Å². The molecule has 1 unspecified atom stereocenters. The summed E-state index contributed by atoms with van der Waals surface area (Å²) in [5.41, 5.74) is 5.44. The first-order valence-electron chi connectivity index (χ1n) is 2.30. The third-order valence-electron chi connectivity index (χ3n) is 0.860. The number of hydrogen-bond acceptors (Lipinski definition) is 1. The summed E-state index contributed by atoms with van der Waals surface area (Å²) in [6.07, 6.45) is 0.760. The summed E-state index contributed by atoms with van der Waals surface area (Å²) in [4.78, 5) is 0. The van der Waals surface area contributed by atoms with E-state index >= 15 is 0 Å². The second kappa shape index (κ2) is 3.65. The van der Waals surface area contributed by atoms with Gasteiger partial charge in [0.1, 0.15) is 0 Å². The van der Waals surface area contributed by atoms with Crippen LogP contribution in [0.15, 0.2) is 0 Å². The first kappa shape index (κ1) is 9.54. The van der Waals surface area contributed by atoms with Crippen LogP contribution in [0.3, 0.4) is 0 Å². The molecule has 0 aromatic heterocycles. The SMILES string of the molecule is CC[CH](N)[Ti]([Cl])([Cl])[Cl]. The molecule has 0 amide bonds. The molecule has 0 aliphatic rings. The molecule has 0 aliphatic carbocycles. The number of hydrogen-bond donors (Lipinski definition) is 1. The minimum atomic E-state index is -3.01. The van der Waals surface area contributed by atoms with Gasteiger partial charge in [-0.3, -0.25) is 0 Å². The van der Waals surface area contributed by atoms with Gasteiger partial charge >= 0.3 is 64.7 Å². The van der Waals surface area contributed by atoms with Crippen molar-refractivity contribution < 1.29 is 13.4 Å². The van der Waals surface area contributed by atoms with Crippen molar-refractivity contribution in [3.63, 3.8) is 0 Å². The van der Waals surface area contributed by atoms with E-state index in [1.165, 1.54) is 0 Å². The van der Waals surface area contributed by atoms with Crippen molar-refractivity contribution >= 4 is 27.9 Å². The van der Waals surface area contributed by atoms with Crippen molar-refractivity contribution in [1.82, 2.24) is 0 Å². The maximum atomic E-state index is 5.58. The third-order valence-corrected chi connectivity index (χ3v) is 6.28. The molecule has 8 heavy (non-hydrogen) atoms. The molecule has 0 bridgehead atoms. The Labute approximate surface area is 64.5 Å². The van der Waals surface area contributed by atoms with E-state index in [-0.39, 0.29) is 4.35 Å². The molecule has 0 aliphatic heterocycles. The van der Waals surface area contributed by atoms with Gasteiger partial charge in [-0.2, -0.15) is 0 Å². The second-order valence-corrected chi connectivity index (χ2v) is 14.2. The quantitative estimate of drug-likeness (QED) is 0.698. The molecule has 1 nitrogen and oxygen atoms in total. The van der Waals surface area contributed by atoms with Crippen molar-refractivity contribution in [2.45, 2.75) is 17.7 Å². The van der Waals surface area contributed by atoms with Crippen LogP contribution < -0.4 is 5.73 Å². The Morgan fingerprint density at radius 2 is 1.88 bits per heavy atom. The van der Waals surface area contributed by atoms with Crippen LogP contribution in [-0.2, 0) is 13.4 Å². The summed E-state index contributed by atoms with van der Waals surface area (Å²) in [7, 11) is 16.7. The molecule has 50 valence electrons. The second-order valence-electron chi connectivity index (χ2n) is 1.56. The van der Waals surface area contributed by atoms with Crippen LogP contribution in [0.2, 0.25) is 0 Å². The number of nitrogens with two attached hydrogens (primary N) is 1. The van der Waals surface area contributed by atoms with E-state index in [1.54, 1.807) is 0 Å². The summed E-state index contributed by atoms with van der Waals surface area (Å²) in [6, 6.07) is 0. The van der Waals surface area contributed by atoms with Gasteiger partial charge in [-0.1, -0.05) is 0 Å². The molecular weight excluding hydrogens is 204 g/mol. The summed E-state index contributed by atoms with van der Waals surface area (Å²) < 4.78 is -0.167. The van der Waals surface area contributed by atoms with Crippen LogP contribution in [0.4, 0.5) is 0 Å². The van der Waals surface area contributed by atoms with Gasteiger partial charge in [0, 0.05) is 0 Å². The standard InChI is InChI=1S/C3H8N.3ClH.Ti/c1-2-3-4;;;;/h3H,2,4H2,1H3;3*1H;/q;;;;+3/p-3. The molecule has 0 spiro atoms. The summed E-state index contributed by atoms with van der Waals surface area (Å²) in [5.74, 6) is 0. The van der Waals surface area contributed by atoms with Gasteiger partial charge in [-0.15, -0.1) is 0 Å². The molecule has 0 aromatic carbocycles. The normalized spacial score (nSPS) is 16.1. The zero-order valence-electron chi connectivity index (χ0n) is 4.50. The molecule has 5 heteroatoms. The minimum absolute atomic E-state index is 0.167. The van der Waals surface area contributed by atoms with Crippen molar-refractivity contribution in [3.8, 4) is 0 Å². The van der Waals surface area contributed by atoms with Gasteiger partial charge in [0.25, 0.3) is 0 Å². The van der Waals surface area contributed by atoms with E-state index in [2.05, 4.69) is 0 Å². The van der Waals surface area contributed by atoms with Gasteiger partial charge < -0.3 is 0 Å². The Morgan fingerprint density at radius 1 is 1.50 bits per heavy atom. The van der Waals surface area contributed by atoms with Crippen LogP contribution in [0.5, 0.6) is 0 Å². The molecule has 0 fully saturated rings. The fourth-order valence-electron chi connectivity index (χ4n) is 0.231. The first-order valence-corrected chi connectivity index (χ1v) is 9.65. The molecule has 2 N–H and O–H groups in total. The predicted octanol–water partition coefficient (Wildman–Crippen LogP) is 2.30. The molecule has 0 radical (unpaired) electrons. The topological polar surface area (TPSA) is 26.0 Å². The fourth-order valence-corrected chi connectivity index (χ4v) is 2.86. The van der Waals surface area contributed by atoms with Crippen molar-refractivity contribution in [2.75, 3.05) is 0 Å². The van der Waals surface area contributed by atoms with Crippen molar-refractivity contribution in [3.05, 3.63) is 0 Å². The summed E-state index contributed by atoms with van der Waals surface area (Å²) >= 11 is -3.01. The van der Waals surface area contributed by atoms with Crippen LogP contribution in [0.25, 0.3) is 0 Å². The Balaban J connectivity index is 3.62. The van der Waals surface area contributed by atoms with Crippen molar-refractivity contribution in [2.24, 2.45) is 5.73 Å². The van der Waals surface area contributed by atoms with Gasteiger partial charge in [0.2, 0.25) is 0 Å². The molecule has 0 saturated carbocycles. The number of rotatable bonds is 2. The fraction of sp³-hybridized carbons (Fsp3) is 1.00. The third kappa shape index (κ3) is 3.55. The van der Waals surface area contributed by atoms with Crippen LogP contribution in [0, 0.1) is 0 Å². The predicted molar refractivity (Wildman–Crippen MR) is 35.8 cm³/mol. The van der Waals surface area contributed by atoms with E-state index in [0.29, 0.717) is 0 Å². The zero-order valence-corrected chi connectivity index (χ0v) is 8.33. The van der Waals surface area contributed by atoms with E-state index in [9.17, 15) is 0 Å². The van der Waals surface area contributed by atoms with Crippen LogP contribution >= 0.6 is 27.9 Å². The molecular formula is C3H8Cl3NTi. The Morgan fingerprint density at radius 3 is 1.88 bits per heavy atom.